The van der Waals surface area contributed by atoms with Crippen LogP contribution in [0.4, 0.5) is 0 Å². The van der Waals surface area contributed by atoms with Gasteiger partial charge in [-0.1, -0.05) is 19.1 Å². The van der Waals surface area contributed by atoms with E-state index < -0.39 is 5.60 Å². The Labute approximate surface area is 99.9 Å². The predicted molar refractivity (Wildman–Crippen MR) is 68.2 cm³/mol. The van der Waals surface area contributed by atoms with Crippen molar-refractivity contribution >= 4 is 0 Å². The summed E-state index contributed by atoms with van der Waals surface area (Å²) in [6.07, 6.45) is 7.49. The van der Waals surface area contributed by atoms with Crippen molar-refractivity contribution in [3.8, 4) is 0 Å². The molecule has 2 saturated carbocycles. The number of fused-ring (bicyclic) bond motifs is 1. The highest BCUT2D eigenvalue weighted by Gasteiger charge is 2.45. The van der Waals surface area contributed by atoms with Gasteiger partial charge in [0.05, 0.1) is 5.60 Å². The zero-order chi connectivity index (χ0) is 12.0. The summed E-state index contributed by atoms with van der Waals surface area (Å²) in [5.74, 6) is 1.12. The average Bonchev–Trinajstić information content (AvgIpc) is 2.15. The largest absolute Gasteiger partial charge is 0.390 e. The Kier molecular flexibility index (Phi) is 2.94. The third kappa shape index (κ3) is 2.07. The zero-order valence-electron chi connectivity index (χ0n) is 11.1. The molecule has 0 amide bonds. The molecule has 0 aliphatic heterocycles. The van der Waals surface area contributed by atoms with Gasteiger partial charge in [0.25, 0.3) is 0 Å². The monoisotopic (exact) mass is 222 g/mol. The van der Waals surface area contributed by atoms with Crippen molar-refractivity contribution in [3.05, 3.63) is 12.2 Å². The van der Waals surface area contributed by atoms with E-state index in [9.17, 15) is 5.11 Å². The first-order chi connectivity index (χ1) is 7.33. The van der Waals surface area contributed by atoms with Crippen molar-refractivity contribution in [2.45, 2.75) is 64.9 Å². The lowest BCUT2D eigenvalue weighted by Crippen LogP contribution is -2.43. The molecule has 0 saturated heterocycles. The summed E-state index contributed by atoms with van der Waals surface area (Å²) < 4.78 is 0. The maximum Gasteiger partial charge on any atom is 0.0620 e. The molecular formula is C15H26O. The van der Waals surface area contributed by atoms with E-state index in [0.717, 1.165) is 6.42 Å². The molecule has 1 nitrogen and oxygen atoms in total. The summed E-state index contributed by atoms with van der Waals surface area (Å²) in [6.45, 7) is 10.6. The first-order valence-corrected chi connectivity index (χ1v) is 6.73. The molecule has 1 N–H and O–H groups in total. The number of aliphatic hydroxyl groups is 1. The van der Waals surface area contributed by atoms with Crippen molar-refractivity contribution in [1.82, 2.24) is 0 Å². The van der Waals surface area contributed by atoms with Crippen LogP contribution in [-0.4, -0.2) is 10.7 Å². The van der Waals surface area contributed by atoms with E-state index in [-0.39, 0.29) is 0 Å². The van der Waals surface area contributed by atoms with Crippen molar-refractivity contribution < 1.29 is 5.11 Å². The van der Waals surface area contributed by atoms with Crippen LogP contribution in [0, 0.1) is 17.3 Å². The van der Waals surface area contributed by atoms with Crippen molar-refractivity contribution in [3.63, 3.8) is 0 Å². The van der Waals surface area contributed by atoms with Gasteiger partial charge < -0.3 is 5.11 Å². The van der Waals surface area contributed by atoms with Gasteiger partial charge in [0.15, 0.2) is 0 Å². The maximum atomic E-state index is 10.2. The number of allylic oxidation sites excluding steroid dienone is 1. The van der Waals surface area contributed by atoms with Crippen LogP contribution in [0.2, 0.25) is 0 Å². The van der Waals surface area contributed by atoms with Crippen LogP contribution >= 0.6 is 0 Å². The number of rotatable bonds is 1. The van der Waals surface area contributed by atoms with Gasteiger partial charge in [-0.3, -0.25) is 0 Å². The summed E-state index contributed by atoms with van der Waals surface area (Å²) in [4.78, 5) is 0. The molecule has 2 fully saturated rings. The average molecular weight is 222 g/mol. The van der Waals surface area contributed by atoms with Gasteiger partial charge in [0, 0.05) is 0 Å². The third-order valence-corrected chi connectivity index (χ3v) is 5.16. The molecule has 0 unspecified atom stereocenters. The van der Waals surface area contributed by atoms with Gasteiger partial charge in [-0.2, -0.15) is 0 Å². The Bertz CT molecular complexity index is 286. The molecule has 0 spiro atoms. The van der Waals surface area contributed by atoms with E-state index in [1.165, 1.54) is 37.7 Å². The fraction of sp³-hybridized carbons (Fsp3) is 0.867. The summed E-state index contributed by atoms with van der Waals surface area (Å²) >= 11 is 0. The number of hydrogen-bond donors (Lipinski definition) is 1. The van der Waals surface area contributed by atoms with Crippen molar-refractivity contribution in [2.75, 3.05) is 0 Å². The van der Waals surface area contributed by atoms with E-state index in [1.54, 1.807) is 0 Å². The smallest absolute Gasteiger partial charge is 0.0620 e. The minimum atomic E-state index is -0.515. The van der Waals surface area contributed by atoms with Crippen molar-refractivity contribution in [1.29, 1.82) is 0 Å². The zero-order valence-corrected chi connectivity index (χ0v) is 11.1. The lowest BCUT2D eigenvalue weighted by atomic mass is 9.55. The summed E-state index contributed by atoms with van der Waals surface area (Å²) in [5, 5.41) is 10.2. The SMILES string of the molecule is C=C1CCC[C@]2(C)CC[C@H](C(C)(C)O)C[C@H]12. The van der Waals surface area contributed by atoms with Crippen LogP contribution in [0.1, 0.15) is 59.3 Å². The van der Waals surface area contributed by atoms with E-state index in [2.05, 4.69) is 13.5 Å². The van der Waals surface area contributed by atoms with Gasteiger partial charge >= 0.3 is 0 Å². The minimum Gasteiger partial charge on any atom is -0.390 e. The Morgan fingerprint density at radius 2 is 2.06 bits per heavy atom. The van der Waals surface area contributed by atoms with Gasteiger partial charge in [0.1, 0.15) is 0 Å². The molecule has 2 rings (SSSR count). The topological polar surface area (TPSA) is 20.2 Å². The summed E-state index contributed by atoms with van der Waals surface area (Å²) in [7, 11) is 0. The Hall–Kier alpha value is -0.300. The maximum absolute atomic E-state index is 10.2. The minimum absolute atomic E-state index is 0.459. The molecule has 2 aliphatic rings. The molecule has 0 radical (unpaired) electrons. The van der Waals surface area contributed by atoms with E-state index >= 15 is 0 Å². The fourth-order valence-electron chi connectivity index (χ4n) is 3.86. The molecule has 0 aromatic rings. The first kappa shape index (κ1) is 12.2. The highest BCUT2D eigenvalue weighted by molar-refractivity contribution is 5.13. The predicted octanol–water partition coefficient (Wildman–Crippen LogP) is 3.92. The normalized spacial score (nSPS) is 40.6. The summed E-state index contributed by atoms with van der Waals surface area (Å²) in [6, 6.07) is 0. The van der Waals surface area contributed by atoms with Crippen LogP contribution < -0.4 is 0 Å². The van der Waals surface area contributed by atoms with E-state index in [4.69, 9.17) is 0 Å². The van der Waals surface area contributed by atoms with Crippen LogP contribution in [0.15, 0.2) is 12.2 Å². The molecule has 2 aliphatic carbocycles. The molecule has 0 heterocycles. The molecule has 0 aromatic heterocycles. The molecule has 1 heteroatoms. The third-order valence-electron chi connectivity index (χ3n) is 5.16. The highest BCUT2D eigenvalue weighted by atomic mass is 16.3. The van der Waals surface area contributed by atoms with Gasteiger partial charge in [-0.05, 0) is 69.6 Å². The van der Waals surface area contributed by atoms with Crippen LogP contribution in [0.3, 0.4) is 0 Å². The van der Waals surface area contributed by atoms with Gasteiger partial charge in [-0.15, -0.1) is 0 Å². The number of hydrogen-bond acceptors (Lipinski definition) is 1. The highest BCUT2D eigenvalue weighted by Crippen LogP contribution is 2.54. The second-order valence-electron chi connectivity index (χ2n) is 6.84. The van der Waals surface area contributed by atoms with Crippen LogP contribution in [0.25, 0.3) is 0 Å². The van der Waals surface area contributed by atoms with Gasteiger partial charge in [-0.25, -0.2) is 0 Å². The molecule has 0 aromatic carbocycles. The lowest BCUT2D eigenvalue weighted by Gasteiger charge is -2.50. The molecular weight excluding hydrogens is 196 g/mol. The van der Waals surface area contributed by atoms with E-state index in [1.807, 2.05) is 13.8 Å². The standard InChI is InChI=1S/C15H26O/c1-11-6-5-8-15(4)9-7-12(10-13(11)15)14(2,3)16/h12-13,16H,1,5-10H2,2-4H3/t12-,13+,15+/m0/s1. The Morgan fingerprint density at radius 1 is 1.38 bits per heavy atom. The van der Waals surface area contributed by atoms with Crippen LogP contribution in [0.5, 0.6) is 0 Å². The summed E-state index contributed by atoms with van der Waals surface area (Å²) in [5.41, 5.74) is 1.42. The fourth-order valence-corrected chi connectivity index (χ4v) is 3.86. The Balaban J connectivity index is 2.15. The molecule has 0 bridgehead atoms. The second kappa shape index (κ2) is 3.87. The van der Waals surface area contributed by atoms with Crippen molar-refractivity contribution in [2.24, 2.45) is 17.3 Å². The lowest BCUT2D eigenvalue weighted by molar-refractivity contribution is -0.0406. The van der Waals surface area contributed by atoms with E-state index in [0.29, 0.717) is 17.3 Å². The molecule has 92 valence electrons. The molecule has 3 atom stereocenters. The second-order valence-corrected chi connectivity index (χ2v) is 6.84. The first-order valence-electron chi connectivity index (χ1n) is 6.73. The van der Waals surface area contributed by atoms with Gasteiger partial charge in [0.2, 0.25) is 0 Å². The quantitative estimate of drug-likeness (QED) is 0.667. The Morgan fingerprint density at radius 3 is 2.69 bits per heavy atom. The van der Waals surface area contributed by atoms with Crippen LogP contribution in [-0.2, 0) is 0 Å². The molecule has 16 heavy (non-hydrogen) atoms.